The molecule has 0 N–H and O–H groups in total. The first kappa shape index (κ1) is 46.2. The van der Waals surface area contributed by atoms with E-state index >= 15 is 0 Å². The summed E-state index contributed by atoms with van der Waals surface area (Å²) in [5, 5.41) is 5.08. The lowest BCUT2D eigenvalue weighted by atomic mass is 9.65. The van der Waals surface area contributed by atoms with Crippen molar-refractivity contribution in [2.45, 2.75) is 5.41 Å². The van der Waals surface area contributed by atoms with Gasteiger partial charge in [0, 0.05) is 44.2 Å². The van der Waals surface area contributed by atoms with E-state index in [9.17, 15) is 0 Å². The molecule has 0 saturated heterocycles. The molecule has 0 fully saturated rings. The van der Waals surface area contributed by atoms with E-state index < -0.39 is 5.41 Å². The van der Waals surface area contributed by atoms with Crippen LogP contribution in [0.2, 0.25) is 0 Å². The topological polar surface area (TPSA) is 13.1 Å². The van der Waals surface area contributed by atoms with Crippen LogP contribution in [0.25, 0.3) is 111 Å². The van der Waals surface area contributed by atoms with Crippen LogP contribution in [0.4, 0.5) is 17.1 Å². The number of nitrogens with zero attached hydrogens (tertiary/aromatic N) is 3. The normalized spacial score (nSPS) is 13.9. The lowest BCUT2D eigenvalue weighted by Crippen LogP contribution is -2.33. The van der Waals surface area contributed by atoms with E-state index in [4.69, 9.17) is 0 Å². The third kappa shape index (κ3) is 6.77. The van der Waals surface area contributed by atoms with E-state index in [2.05, 4.69) is 323 Å². The van der Waals surface area contributed by atoms with Crippen LogP contribution in [-0.2, 0) is 5.41 Å². The number of aromatic nitrogens is 2. The van der Waals surface area contributed by atoms with Crippen LogP contribution in [0.1, 0.15) is 22.3 Å². The third-order valence-corrected chi connectivity index (χ3v) is 17.7. The monoisotopic (exact) mass is 1040 g/mol. The number of hydrogen-bond acceptors (Lipinski definition) is 1. The Kier molecular flexibility index (Phi) is 10.2. The fourth-order valence-corrected chi connectivity index (χ4v) is 14.2. The Balaban J connectivity index is 0.812. The molecule has 2 aromatic heterocycles. The van der Waals surface area contributed by atoms with Crippen LogP contribution in [-0.4, -0.2) is 9.13 Å². The molecular weight excluding hydrogens is 991 g/mol. The van der Waals surface area contributed by atoms with E-state index in [-0.39, 0.29) is 0 Å². The lowest BCUT2D eigenvalue weighted by Gasteiger charge is -2.39. The summed E-state index contributed by atoms with van der Waals surface area (Å²) in [5.41, 5.74) is 27.1. The maximum absolute atomic E-state index is 2.52. The molecule has 2 aliphatic rings. The predicted octanol–water partition coefficient (Wildman–Crippen LogP) is 20.7. The molecule has 3 heteroatoms. The summed E-state index contributed by atoms with van der Waals surface area (Å²) < 4.78 is 4.90. The predicted molar refractivity (Wildman–Crippen MR) is 342 cm³/mol. The van der Waals surface area contributed by atoms with E-state index in [1.807, 2.05) is 0 Å². The molecule has 0 amide bonds. The minimum Gasteiger partial charge on any atom is -0.310 e. The molecule has 3 heterocycles. The van der Waals surface area contributed by atoms with Gasteiger partial charge in [-0.2, -0.15) is 0 Å². The zero-order valence-corrected chi connectivity index (χ0v) is 44.8. The summed E-state index contributed by atoms with van der Waals surface area (Å²) in [6, 6.07) is 115. The Morgan fingerprint density at radius 2 is 0.744 bits per heavy atom. The molecule has 382 valence electrons. The van der Waals surface area contributed by atoms with Gasteiger partial charge in [-0.3, -0.25) is 0 Å². The molecule has 82 heavy (non-hydrogen) atoms. The zero-order valence-electron chi connectivity index (χ0n) is 44.8. The van der Waals surface area contributed by atoms with Gasteiger partial charge in [0.25, 0.3) is 0 Å². The first-order valence-electron chi connectivity index (χ1n) is 28.4. The first-order chi connectivity index (χ1) is 40.7. The number of para-hydroxylation sites is 6. The fourth-order valence-electron chi connectivity index (χ4n) is 14.2. The molecule has 13 aromatic carbocycles. The number of rotatable bonds is 8. The summed E-state index contributed by atoms with van der Waals surface area (Å²) in [7, 11) is 0. The number of benzene rings is 13. The minimum atomic E-state index is -0.549. The maximum atomic E-state index is 2.52. The van der Waals surface area contributed by atoms with Gasteiger partial charge in [0.15, 0.2) is 0 Å². The van der Waals surface area contributed by atoms with Crippen molar-refractivity contribution in [3.05, 3.63) is 332 Å². The van der Waals surface area contributed by atoms with Crippen molar-refractivity contribution < 1.29 is 0 Å². The van der Waals surface area contributed by atoms with Crippen molar-refractivity contribution in [2.75, 3.05) is 4.90 Å². The van der Waals surface area contributed by atoms with Crippen molar-refractivity contribution in [1.82, 2.24) is 9.13 Å². The highest BCUT2D eigenvalue weighted by molar-refractivity contribution is 6.13. The van der Waals surface area contributed by atoms with Crippen LogP contribution < -0.4 is 4.90 Å². The average Bonchev–Trinajstić information content (AvgIpc) is 1.55. The van der Waals surface area contributed by atoms with Gasteiger partial charge in [0.1, 0.15) is 0 Å². The zero-order chi connectivity index (χ0) is 53.9. The summed E-state index contributed by atoms with van der Waals surface area (Å²) in [5.74, 6) is 0. The average molecular weight is 1040 g/mol. The molecule has 15 aromatic rings. The van der Waals surface area contributed by atoms with Gasteiger partial charge in [0.2, 0.25) is 0 Å². The van der Waals surface area contributed by atoms with Crippen molar-refractivity contribution >= 4 is 60.7 Å². The second kappa shape index (κ2) is 18.2. The van der Waals surface area contributed by atoms with E-state index in [1.165, 1.54) is 99.4 Å². The van der Waals surface area contributed by atoms with E-state index in [1.54, 1.807) is 0 Å². The van der Waals surface area contributed by atoms with Crippen LogP contribution in [0, 0.1) is 0 Å². The summed E-state index contributed by atoms with van der Waals surface area (Å²) in [6.45, 7) is 0. The van der Waals surface area contributed by atoms with Crippen LogP contribution in [0.15, 0.2) is 309 Å². The quantitative estimate of drug-likeness (QED) is 0.148. The van der Waals surface area contributed by atoms with E-state index in [0.717, 1.165) is 50.6 Å². The molecule has 1 atom stereocenters. The molecule has 0 saturated carbocycles. The second-order valence-corrected chi connectivity index (χ2v) is 21.9. The molecular formula is C79H51N3. The molecule has 1 unspecified atom stereocenters. The Morgan fingerprint density at radius 1 is 0.256 bits per heavy atom. The van der Waals surface area contributed by atoms with Gasteiger partial charge >= 0.3 is 0 Å². The standard InChI is InChI=1S/C79H51N3/c1-2-19-52(20-3-1)55-21-16-23-58(49-55)62-25-5-11-34-73(62)80(59-44-39-53(40-45-59)54-41-46-60(47-42-54)81-74-35-12-6-27-65(74)66-28-7-13-36-75(66)81)61-24-17-22-56(50-61)57-43-48-64-63-26-4-9-31-69(63)79(72(64)51-57)70-32-10-15-38-77(70)82-76-37-14-8-29-67(76)68-30-18-33-71(79)78(68)82/h1-51H. The van der Waals surface area contributed by atoms with Crippen molar-refractivity contribution in [3.8, 4) is 67.0 Å². The largest absolute Gasteiger partial charge is 0.310 e. The van der Waals surface area contributed by atoms with Crippen LogP contribution in [0.3, 0.4) is 0 Å². The van der Waals surface area contributed by atoms with Gasteiger partial charge in [-0.1, -0.05) is 231 Å². The van der Waals surface area contributed by atoms with Gasteiger partial charge < -0.3 is 14.0 Å². The highest BCUT2D eigenvalue weighted by Gasteiger charge is 2.51. The Morgan fingerprint density at radius 3 is 1.50 bits per heavy atom. The maximum Gasteiger partial charge on any atom is 0.0754 e. The first-order valence-corrected chi connectivity index (χ1v) is 28.4. The minimum absolute atomic E-state index is 0.549. The van der Waals surface area contributed by atoms with Crippen molar-refractivity contribution in [1.29, 1.82) is 0 Å². The Bertz CT molecular complexity index is 4990. The summed E-state index contributed by atoms with van der Waals surface area (Å²) in [4.78, 5) is 2.45. The molecule has 3 nitrogen and oxygen atoms in total. The Labute approximate surface area is 476 Å². The second-order valence-electron chi connectivity index (χ2n) is 21.9. The van der Waals surface area contributed by atoms with Gasteiger partial charge in [-0.25, -0.2) is 0 Å². The van der Waals surface area contributed by atoms with Gasteiger partial charge in [-0.15, -0.1) is 0 Å². The number of anilines is 3. The van der Waals surface area contributed by atoms with Gasteiger partial charge in [0.05, 0.1) is 38.9 Å². The van der Waals surface area contributed by atoms with Gasteiger partial charge in [-0.05, 0) is 151 Å². The number of hydrogen-bond donors (Lipinski definition) is 0. The highest BCUT2D eigenvalue weighted by Crippen LogP contribution is 2.61. The highest BCUT2D eigenvalue weighted by atomic mass is 15.1. The SMILES string of the molecule is c1ccc(-c2cccc(-c3ccccc3N(c3ccc(-c4ccc(-n5c6ccccc6c6ccccc65)cc4)cc3)c3cccc(-c4ccc5c(c4)C4(c6ccccc6-5)c5ccccc5-n5c6ccccc6c6cccc4c65)c3)c2)cc1. The lowest BCUT2D eigenvalue weighted by molar-refractivity contribution is 0.749. The fraction of sp³-hybridized carbons (Fsp3) is 0.0127. The number of fused-ring (bicyclic) bond motifs is 15. The molecule has 17 rings (SSSR count). The van der Waals surface area contributed by atoms with Crippen LogP contribution in [0.5, 0.6) is 0 Å². The third-order valence-electron chi connectivity index (χ3n) is 17.7. The molecule has 1 spiro atoms. The van der Waals surface area contributed by atoms with Crippen LogP contribution >= 0.6 is 0 Å². The Hall–Kier alpha value is -10.7. The molecule has 0 radical (unpaired) electrons. The molecule has 0 bridgehead atoms. The summed E-state index contributed by atoms with van der Waals surface area (Å²) >= 11 is 0. The molecule has 1 aliphatic heterocycles. The van der Waals surface area contributed by atoms with E-state index in [0.29, 0.717) is 0 Å². The molecule has 1 aliphatic carbocycles. The summed E-state index contributed by atoms with van der Waals surface area (Å²) in [6.07, 6.45) is 0. The van der Waals surface area contributed by atoms with Crippen molar-refractivity contribution in [2.24, 2.45) is 0 Å². The van der Waals surface area contributed by atoms with Crippen molar-refractivity contribution in [3.63, 3.8) is 0 Å². The smallest absolute Gasteiger partial charge is 0.0754 e.